The van der Waals surface area contributed by atoms with E-state index in [0.29, 0.717) is 18.5 Å². The minimum absolute atomic E-state index is 0.0498. The number of benzene rings is 2. The average Bonchev–Trinajstić information content (AvgIpc) is 3.12. The third-order valence-electron chi connectivity index (χ3n) is 4.84. The molecule has 2 aromatic rings. The SMILES string of the molecule is COC(=O)C[C@@H](NC(=O)c1cccc(CN2CCCC2=O)c1)c1ccccc1. The van der Waals surface area contributed by atoms with Gasteiger partial charge in [0.15, 0.2) is 0 Å². The third-order valence-corrected chi connectivity index (χ3v) is 4.84. The lowest BCUT2D eigenvalue weighted by Gasteiger charge is -2.19. The molecule has 0 spiro atoms. The number of nitrogens with zero attached hydrogens (tertiary/aromatic N) is 1. The van der Waals surface area contributed by atoms with Crippen molar-refractivity contribution < 1.29 is 19.1 Å². The molecule has 1 aliphatic rings. The van der Waals surface area contributed by atoms with Gasteiger partial charge in [-0.25, -0.2) is 0 Å². The number of hydrogen-bond donors (Lipinski definition) is 1. The van der Waals surface area contributed by atoms with Crippen molar-refractivity contribution in [3.63, 3.8) is 0 Å². The van der Waals surface area contributed by atoms with Crippen LogP contribution in [-0.4, -0.2) is 36.3 Å². The van der Waals surface area contributed by atoms with Crippen LogP contribution >= 0.6 is 0 Å². The lowest BCUT2D eigenvalue weighted by Crippen LogP contribution is -2.30. The van der Waals surface area contributed by atoms with Gasteiger partial charge >= 0.3 is 5.97 Å². The van der Waals surface area contributed by atoms with Crippen molar-refractivity contribution in [1.29, 1.82) is 0 Å². The van der Waals surface area contributed by atoms with Crippen LogP contribution in [0.3, 0.4) is 0 Å². The molecule has 28 heavy (non-hydrogen) atoms. The van der Waals surface area contributed by atoms with Gasteiger partial charge in [0.2, 0.25) is 5.91 Å². The smallest absolute Gasteiger partial charge is 0.307 e. The van der Waals surface area contributed by atoms with E-state index in [2.05, 4.69) is 5.32 Å². The molecule has 1 saturated heterocycles. The highest BCUT2D eigenvalue weighted by Gasteiger charge is 2.22. The molecular weight excluding hydrogens is 356 g/mol. The van der Waals surface area contributed by atoms with E-state index in [1.54, 1.807) is 17.0 Å². The van der Waals surface area contributed by atoms with Crippen LogP contribution in [0, 0.1) is 0 Å². The Morgan fingerprint density at radius 1 is 1.14 bits per heavy atom. The zero-order valence-corrected chi connectivity index (χ0v) is 15.9. The van der Waals surface area contributed by atoms with Gasteiger partial charge < -0.3 is 15.0 Å². The van der Waals surface area contributed by atoms with Gasteiger partial charge in [0, 0.05) is 25.1 Å². The number of hydrogen-bond acceptors (Lipinski definition) is 4. The number of likely N-dealkylation sites (tertiary alicyclic amines) is 1. The Kier molecular flexibility index (Phi) is 6.42. The van der Waals surface area contributed by atoms with Crippen LogP contribution in [-0.2, 0) is 20.9 Å². The van der Waals surface area contributed by atoms with Crippen LogP contribution in [0.4, 0.5) is 0 Å². The standard InChI is InChI=1S/C22H24N2O4/c1-28-21(26)14-19(17-8-3-2-4-9-17)23-22(27)18-10-5-7-16(13-18)15-24-12-6-11-20(24)25/h2-5,7-10,13,19H,6,11-12,14-15H2,1H3,(H,23,27)/t19-/m1/s1. The van der Waals surface area contributed by atoms with Crippen LogP contribution in [0.2, 0.25) is 0 Å². The first-order chi connectivity index (χ1) is 13.6. The highest BCUT2D eigenvalue weighted by Crippen LogP contribution is 2.19. The maximum absolute atomic E-state index is 12.8. The zero-order valence-electron chi connectivity index (χ0n) is 15.9. The van der Waals surface area contributed by atoms with E-state index in [-0.39, 0.29) is 18.2 Å². The lowest BCUT2D eigenvalue weighted by atomic mass is 10.0. The van der Waals surface area contributed by atoms with E-state index in [4.69, 9.17) is 4.74 Å². The topological polar surface area (TPSA) is 75.7 Å². The summed E-state index contributed by atoms with van der Waals surface area (Å²) in [7, 11) is 1.33. The molecule has 1 atom stereocenters. The second-order valence-electron chi connectivity index (χ2n) is 6.84. The fourth-order valence-electron chi connectivity index (χ4n) is 3.33. The summed E-state index contributed by atoms with van der Waals surface area (Å²) in [6, 6.07) is 16.1. The van der Waals surface area contributed by atoms with Gasteiger partial charge in [-0.1, -0.05) is 42.5 Å². The minimum Gasteiger partial charge on any atom is -0.469 e. The Balaban J connectivity index is 1.73. The summed E-state index contributed by atoms with van der Waals surface area (Å²) in [6.07, 6.45) is 1.52. The van der Waals surface area contributed by atoms with Crippen molar-refractivity contribution in [2.45, 2.75) is 31.8 Å². The Morgan fingerprint density at radius 3 is 2.61 bits per heavy atom. The first kappa shape index (κ1) is 19.6. The monoisotopic (exact) mass is 380 g/mol. The minimum atomic E-state index is -0.482. The Hall–Kier alpha value is -3.15. The van der Waals surface area contributed by atoms with Gasteiger partial charge in [-0.15, -0.1) is 0 Å². The number of carbonyl (C=O) groups is 3. The second kappa shape index (κ2) is 9.17. The fourth-order valence-corrected chi connectivity index (χ4v) is 3.33. The number of ether oxygens (including phenoxy) is 1. The molecule has 1 N–H and O–H groups in total. The molecule has 0 aliphatic carbocycles. The summed E-state index contributed by atoms with van der Waals surface area (Å²) in [6.45, 7) is 1.26. The van der Waals surface area contributed by atoms with Crippen LogP contribution in [0.15, 0.2) is 54.6 Å². The first-order valence-corrected chi connectivity index (χ1v) is 9.36. The van der Waals surface area contributed by atoms with Crippen molar-refractivity contribution in [3.8, 4) is 0 Å². The molecule has 0 saturated carbocycles. The predicted octanol–water partition coefficient (Wildman–Crippen LogP) is 2.84. The molecule has 2 amide bonds. The molecule has 2 aromatic carbocycles. The second-order valence-corrected chi connectivity index (χ2v) is 6.84. The molecule has 0 bridgehead atoms. The number of rotatable bonds is 7. The number of carbonyl (C=O) groups excluding carboxylic acids is 3. The number of methoxy groups -OCH3 is 1. The molecule has 6 heteroatoms. The van der Waals surface area contributed by atoms with Gasteiger partial charge in [0.05, 0.1) is 19.6 Å². The van der Waals surface area contributed by atoms with E-state index in [9.17, 15) is 14.4 Å². The summed E-state index contributed by atoms with van der Waals surface area (Å²) in [5.74, 6) is -0.514. The fraction of sp³-hybridized carbons (Fsp3) is 0.318. The van der Waals surface area contributed by atoms with Crippen molar-refractivity contribution in [1.82, 2.24) is 10.2 Å². The van der Waals surface area contributed by atoms with E-state index in [1.165, 1.54) is 7.11 Å². The van der Waals surface area contributed by atoms with E-state index in [0.717, 1.165) is 24.1 Å². The summed E-state index contributed by atoms with van der Waals surface area (Å²) in [5.41, 5.74) is 2.24. The van der Waals surface area contributed by atoms with Crippen LogP contribution in [0.1, 0.15) is 46.8 Å². The lowest BCUT2D eigenvalue weighted by molar-refractivity contribution is -0.141. The molecule has 0 unspecified atom stereocenters. The Morgan fingerprint density at radius 2 is 1.93 bits per heavy atom. The molecule has 1 fully saturated rings. The quantitative estimate of drug-likeness (QED) is 0.750. The first-order valence-electron chi connectivity index (χ1n) is 9.36. The molecule has 0 aromatic heterocycles. The maximum Gasteiger partial charge on any atom is 0.307 e. The van der Waals surface area contributed by atoms with Gasteiger partial charge in [0.1, 0.15) is 0 Å². The van der Waals surface area contributed by atoms with Crippen molar-refractivity contribution in [3.05, 3.63) is 71.3 Å². The molecular formula is C22H24N2O4. The van der Waals surface area contributed by atoms with Crippen molar-refractivity contribution in [2.75, 3.05) is 13.7 Å². The highest BCUT2D eigenvalue weighted by molar-refractivity contribution is 5.95. The maximum atomic E-state index is 12.8. The molecule has 6 nitrogen and oxygen atoms in total. The molecule has 146 valence electrons. The molecule has 0 radical (unpaired) electrons. The Bertz CT molecular complexity index is 851. The van der Waals surface area contributed by atoms with Crippen LogP contribution in [0.25, 0.3) is 0 Å². The zero-order chi connectivity index (χ0) is 19.9. The summed E-state index contributed by atoms with van der Waals surface area (Å²) >= 11 is 0. The normalized spacial score (nSPS) is 14.6. The van der Waals surface area contributed by atoms with E-state index >= 15 is 0 Å². The van der Waals surface area contributed by atoms with Gasteiger partial charge in [-0.05, 0) is 29.7 Å². The third kappa shape index (κ3) is 4.97. The summed E-state index contributed by atoms with van der Waals surface area (Å²) in [5, 5.41) is 2.92. The van der Waals surface area contributed by atoms with Crippen molar-refractivity contribution >= 4 is 17.8 Å². The average molecular weight is 380 g/mol. The van der Waals surface area contributed by atoms with E-state index in [1.807, 2.05) is 42.5 Å². The largest absolute Gasteiger partial charge is 0.469 e. The molecule has 1 heterocycles. The predicted molar refractivity (Wildman–Crippen MR) is 104 cm³/mol. The van der Waals surface area contributed by atoms with Gasteiger partial charge in [-0.2, -0.15) is 0 Å². The summed E-state index contributed by atoms with van der Waals surface area (Å²) < 4.78 is 4.77. The number of nitrogens with one attached hydrogen (secondary N) is 1. The highest BCUT2D eigenvalue weighted by atomic mass is 16.5. The Labute approximate surface area is 164 Å². The van der Waals surface area contributed by atoms with Crippen molar-refractivity contribution in [2.24, 2.45) is 0 Å². The van der Waals surface area contributed by atoms with Gasteiger partial charge in [0.25, 0.3) is 5.91 Å². The van der Waals surface area contributed by atoms with E-state index < -0.39 is 12.0 Å². The molecule has 1 aliphatic heterocycles. The number of amides is 2. The van der Waals surface area contributed by atoms with Gasteiger partial charge in [-0.3, -0.25) is 14.4 Å². The summed E-state index contributed by atoms with van der Waals surface area (Å²) in [4.78, 5) is 38.2. The van der Waals surface area contributed by atoms with Crippen LogP contribution < -0.4 is 5.32 Å². The number of esters is 1. The molecule has 3 rings (SSSR count). The van der Waals surface area contributed by atoms with Crippen LogP contribution in [0.5, 0.6) is 0 Å².